The molecule has 0 heterocycles. The van der Waals surface area contributed by atoms with Crippen molar-refractivity contribution in [3.05, 3.63) is 69.5 Å². The van der Waals surface area contributed by atoms with Gasteiger partial charge in [0.1, 0.15) is 11.4 Å². The Morgan fingerprint density at radius 1 is 0.944 bits per heavy atom. The smallest absolute Gasteiger partial charge is 0.407 e. The number of ether oxygens (including phenoxy) is 1. The zero-order valence-electron chi connectivity index (χ0n) is 21.1. The van der Waals surface area contributed by atoms with E-state index < -0.39 is 52.7 Å². The van der Waals surface area contributed by atoms with E-state index in [1.807, 2.05) is 20.8 Å². The first-order valence-corrected chi connectivity index (χ1v) is 11.7. The fraction of sp³-hybridized carbons (Fsp3) is 0.462. The van der Waals surface area contributed by atoms with Gasteiger partial charge >= 0.3 is 6.09 Å². The van der Waals surface area contributed by atoms with Crippen molar-refractivity contribution in [3.63, 3.8) is 0 Å². The molecule has 6 nitrogen and oxygen atoms in total. The topological polar surface area (TPSA) is 87.7 Å². The first kappa shape index (κ1) is 29.5. The van der Waals surface area contributed by atoms with Crippen LogP contribution in [0.4, 0.5) is 18.0 Å². The number of hydrogen-bond acceptors (Lipinski definition) is 4. The van der Waals surface area contributed by atoms with Gasteiger partial charge in [0.2, 0.25) is 0 Å². The third-order valence-corrected chi connectivity index (χ3v) is 5.16. The Bertz CT molecular complexity index is 1110. The molecule has 0 aromatic heterocycles. The number of aliphatic hydroxyl groups excluding tert-OH is 1. The Balaban J connectivity index is 2.39. The average molecular weight is 529 g/mol. The van der Waals surface area contributed by atoms with Gasteiger partial charge in [-0.25, -0.2) is 18.0 Å². The molecule has 198 valence electrons. The highest BCUT2D eigenvalue weighted by molar-refractivity contribution is 6.30. The maximum atomic E-state index is 14.4. The minimum atomic E-state index is -1.38. The van der Waals surface area contributed by atoms with Crippen LogP contribution in [0.2, 0.25) is 5.02 Å². The molecule has 0 saturated carbocycles. The lowest BCUT2D eigenvalue weighted by molar-refractivity contribution is 0.0421. The first-order chi connectivity index (χ1) is 16.4. The van der Waals surface area contributed by atoms with Crippen LogP contribution in [0, 0.1) is 17.5 Å². The summed E-state index contributed by atoms with van der Waals surface area (Å²) in [6.45, 7) is 10.4. The SMILES string of the molecule is CC(C)(C)NC(=O)c1ccc(Cl)cc1C[C@H](O)[C@@H](Cc1cc(F)c(F)cc1F)NC(=O)OC(C)(C)C. The van der Waals surface area contributed by atoms with E-state index in [0.29, 0.717) is 22.7 Å². The zero-order chi connectivity index (χ0) is 27.4. The molecule has 0 aliphatic heterocycles. The number of amides is 2. The van der Waals surface area contributed by atoms with E-state index in [2.05, 4.69) is 10.6 Å². The quantitative estimate of drug-likeness (QED) is 0.424. The molecule has 0 unspecified atom stereocenters. The van der Waals surface area contributed by atoms with Crippen LogP contribution in [-0.4, -0.2) is 40.4 Å². The van der Waals surface area contributed by atoms with Gasteiger partial charge in [0, 0.05) is 28.6 Å². The highest BCUT2D eigenvalue weighted by Crippen LogP contribution is 2.22. The van der Waals surface area contributed by atoms with E-state index in [9.17, 15) is 27.9 Å². The maximum Gasteiger partial charge on any atom is 0.407 e. The predicted octanol–water partition coefficient (Wildman–Crippen LogP) is 5.33. The summed E-state index contributed by atoms with van der Waals surface area (Å²) in [7, 11) is 0. The van der Waals surface area contributed by atoms with Crippen LogP contribution in [0.3, 0.4) is 0 Å². The van der Waals surface area contributed by atoms with Crippen LogP contribution >= 0.6 is 11.6 Å². The summed E-state index contributed by atoms with van der Waals surface area (Å²) in [5, 5.41) is 16.7. The lowest BCUT2D eigenvalue weighted by Crippen LogP contribution is -2.48. The van der Waals surface area contributed by atoms with Gasteiger partial charge in [-0.1, -0.05) is 11.6 Å². The van der Waals surface area contributed by atoms with Gasteiger partial charge in [0.05, 0.1) is 12.1 Å². The van der Waals surface area contributed by atoms with E-state index >= 15 is 0 Å². The number of carbonyl (C=O) groups excluding carboxylic acids is 2. The molecule has 0 fully saturated rings. The fourth-order valence-corrected chi connectivity index (χ4v) is 3.62. The van der Waals surface area contributed by atoms with E-state index in [1.165, 1.54) is 18.2 Å². The van der Waals surface area contributed by atoms with Crippen molar-refractivity contribution < 1.29 is 32.6 Å². The van der Waals surface area contributed by atoms with Crippen molar-refractivity contribution in [2.75, 3.05) is 0 Å². The normalized spacial score (nSPS) is 13.6. The summed E-state index contributed by atoms with van der Waals surface area (Å²) in [4.78, 5) is 25.3. The standard InChI is InChI=1S/C26H32ClF3N2O4/c1-25(2,3)32-23(34)17-8-7-16(27)9-14(17)12-22(33)21(31-24(35)36-26(4,5)6)11-15-10-19(29)20(30)13-18(15)28/h7-10,13,21-22,33H,11-12H2,1-6H3,(H,31,35)(H,32,34)/t21-,22+/m1/s1. The molecule has 2 rings (SSSR count). The lowest BCUT2D eigenvalue weighted by atomic mass is 9.93. The van der Waals surface area contributed by atoms with Crippen LogP contribution < -0.4 is 10.6 Å². The second-order valence-corrected chi connectivity index (χ2v) is 11.0. The summed E-state index contributed by atoms with van der Waals surface area (Å²) < 4.78 is 46.8. The van der Waals surface area contributed by atoms with Crippen LogP contribution in [0.25, 0.3) is 0 Å². The minimum absolute atomic E-state index is 0.167. The van der Waals surface area contributed by atoms with Crippen LogP contribution in [-0.2, 0) is 17.6 Å². The number of benzene rings is 2. The third-order valence-electron chi connectivity index (χ3n) is 4.93. The van der Waals surface area contributed by atoms with Gasteiger partial charge < -0.3 is 20.5 Å². The summed E-state index contributed by atoms with van der Waals surface area (Å²) >= 11 is 6.13. The Morgan fingerprint density at radius 2 is 1.56 bits per heavy atom. The molecule has 0 aliphatic carbocycles. The van der Waals surface area contributed by atoms with Gasteiger partial charge in [0.15, 0.2) is 11.6 Å². The average Bonchev–Trinajstić information content (AvgIpc) is 2.68. The predicted molar refractivity (Wildman–Crippen MR) is 132 cm³/mol. The number of rotatable bonds is 7. The number of nitrogens with one attached hydrogen (secondary N) is 2. The van der Waals surface area contributed by atoms with Crippen LogP contribution in [0.15, 0.2) is 30.3 Å². The third kappa shape index (κ3) is 9.02. The number of aliphatic hydroxyl groups is 1. The molecule has 0 aliphatic rings. The molecule has 2 aromatic rings. The van der Waals surface area contributed by atoms with Crippen molar-refractivity contribution in [1.82, 2.24) is 10.6 Å². The molecule has 0 spiro atoms. The van der Waals surface area contributed by atoms with Crippen molar-refractivity contribution in [2.24, 2.45) is 0 Å². The van der Waals surface area contributed by atoms with Gasteiger partial charge in [0.25, 0.3) is 5.91 Å². The van der Waals surface area contributed by atoms with Gasteiger partial charge in [-0.05, 0) is 83.4 Å². The lowest BCUT2D eigenvalue weighted by Gasteiger charge is -2.28. The molecule has 0 saturated heterocycles. The Hall–Kier alpha value is -2.78. The van der Waals surface area contributed by atoms with E-state index in [1.54, 1.807) is 20.8 Å². The Morgan fingerprint density at radius 3 is 2.14 bits per heavy atom. The monoisotopic (exact) mass is 528 g/mol. The fourth-order valence-electron chi connectivity index (χ4n) is 3.43. The van der Waals surface area contributed by atoms with Gasteiger partial charge in [-0.15, -0.1) is 0 Å². The molecule has 2 atom stereocenters. The summed E-state index contributed by atoms with van der Waals surface area (Å²) in [5.74, 6) is -4.07. The first-order valence-electron chi connectivity index (χ1n) is 11.4. The molecule has 3 N–H and O–H groups in total. The highest BCUT2D eigenvalue weighted by Gasteiger charge is 2.28. The van der Waals surface area contributed by atoms with Crippen molar-refractivity contribution in [1.29, 1.82) is 0 Å². The second-order valence-electron chi connectivity index (χ2n) is 10.6. The molecule has 0 bridgehead atoms. The molecule has 36 heavy (non-hydrogen) atoms. The zero-order valence-corrected chi connectivity index (χ0v) is 21.9. The Labute approximate surface area is 214 Å². The van der Waals surface area contributed by atoms with E-state index in [-0.39, 0.29) is 24.0 Å². The molecular weight excluding hydrogens is 497 g/mol. The van der Waals surface area contributed by atoms with Crippen molar-refractivity contribution in [3.8, 4) is 0 Å². The highest BCUT2D eigenvalue weighted by atomic mass is 35.5. The number of alkyl carbamates (subject to hydrolysis) is 1. The van der Waals surface area contributed by atoms with E-state index in [4.69, 9.17) is 16.3 Å². The van der Waals surface area contributed by atoms with Crippen LogP contribution in [0.5, 0.6) is 0 Å². The molecule has 0 radical (unpaired) electrons. The summed E-state index contributed by atoms with van der Waals surface area (Å²) in [6, 6.07) is 4.43. The minimum Gasteiger partial charge on any atom is -0.444 e. The summed E-state index contributed by atoms with van der Waals surface area (Å²) in [5.41, 5.74) is -1.03. The molecular formula is C26H32ClF3N2O4. The van der Waals surface area contributed by atoms with Gasteiger partial charge in [-0.2, -0.15) is 0 Å². The molecule has 2 aromatic carbocycles. The van der Waals surface area contributed by atoms with Crippen molar-refractivity contribution in [2.45, 2.75) is 77.7 Å². The number of halogens is 4. The number of hydrogen-bond donors (Lipinski definition) is 3. The van der Waals surface area contributed by atoms with E-state index in [0.717, 1.165) is 0 Å². The largest absolute Gasteiger partial charge is 0.444 e. The second kappa shape index (κ2) is 11.5. The van der Waals surface area contributed by atoms with Crippen molar-refractivity contribution >= 4 is 23.6 Å². The number of carbonyl (C=O) groups is 2. The molecule has 2 amide bonds. The van der Waals surface area contributed by atoms with Crippen LogP contribution in [0.1, 0.15) is 63.0 Å². The Kier molecular flexibility index (Phi) is 9.42. The maximum absolute atomic E-state index is 14.4. The molecule has 10 heteroatoms. The van der Waals surface area contributed by atoms with Gasteiger partial charge in [-0.3, -0.25) is 4.79 Å². The summed E-state index contributed by atoms with van der Waals surface area (Å²) in [6.07, 6.45) is -2.83.